The van der Waals surface area contributed by atoms with E-state index in [2.05, 4.69) is 4.90 Å². The molecule has 2 aromatic rings. The summed E-state index contributed by atoms with van der Waals surface area (Å²) in [5, 5.41) is 11.5. The smallest absolute Gasteiger partial charge is 0.371 e. The number of piperidine rings is 2. The number of carbonyl (C=O) groups excluding carboxylic acids is 2. The van der Waals surface area contributed by atoms with E-state index in [0.717, 1.165) is 50.0 Å². The van der Waals surface area contributed by atoms with Crippen LogP contribution in [0.15, 0.2) is 36.4 Å². The summed E-state index contributed by atoms with van der Waals surface area (Å²) in [5.41, 5.74) is -1.11. The third-order valence-corrected chi connectivity index (χ3v) is 9.71. The Morgan fingerprint density at radius 1 is 0.976 bits per heavy atom. The summed E-state index contributed by atoms with van der Waals surface area (Å²) in [6.07, 6.45) is 0.913. The topological polar surface area (TPSA) is 64.1 Å². The molecule has 0 radical (unpaired) electrons. The molecule has 1 atom stereocenters. The van der Waals surface area contributed by atoms with E-state index in [1.807, 2.05) is 12.1 Å². The predicted molar refractivity (Wildman–Crippen MR) is 157 cm³/mol. The van der Waals surface area contributed by atoms with Crippen LogP contribution in [0.25, 0.3) is 0 Å². The summed E-state index contributed by atoms with van der Waals surface area (Å²) in [4.78, 5) is 30.6. The zero-order valence-corrected chi connectivity index (χ0v) is 25.0. The summed E-state index contributed by atoms with van der Waals surface area (Å²) >= 11 is 6.41. The van der Waals surface area contributed by atoms with E-state index in [1.165, 1.54) is 21.9 Å². The number of alkyl halides is 3. The van der Waals surface area contributed by atoms with Gasteiger partial charge < -0.3 is 19.8 Å². The van der Waals surface area contributed by atoms with Gasteiger partial charge in [0.15, 0.2) is 0 Å². The molecule has 6 nitrogen and oxygen atoms in total. The Bertz CT molecular complexity index is 1320. The fourth-order valence-electron chi connectivity index (χ4n) is 6.96. The number of fused-ring (bicyclic) bond motifs is 1. The van der Waals surface area contributed by atoms with Crippen LogP contribution in [-0.2, 0) is 23.2 Å². The van der Waals surface area contributed by atoms with E-state index in [0.29, 0.717) is 53.7 Å². The number of anilines is 1. The van der Waals surface area contributed by atoms with Gasteiger partial charge in [-0.2, -0.15) is 13.2 Å². The molecule has 2 aromatic carbocycles. The molecule has 1 N–H and O–H groups in total. The van der Waals surface area contributed by atoms with Crippen LogP contribution in [0.5, 0.6) is 0 Å². The zero-order chi connectivity index (χ0) is 30.2. The second-order valence-corrected chi connectivity index (χ2v) is 12.7. The molecule has 1 aliphatic carbocycles. The van der Waals surface area contributed by atoms with Crippen LogP contribution in [-0.4, -0.2) is 73.2 Å². The lowest BCUT2D eigenvalue weighted by atomic mass is 9.81. The van der Waals surface area contributed by atoms with Gasteiger partial charge in [-0.3, -0.25) is 9.59 Å². The number of halogens is 4. The number of nitrogens with zero attached hydrogens (tertiary/aromatic N) is 3. The van der Waals surface area contributed by atoms with Gasteiger partial charge in [-0.15, -0.1) is 0 Å². The molecule has 10 heteroatoms. The normalized spacial score (nSPS) is 19.9. The SMILES string of the molecule is CN(C)C(=O)c1ccc(N2CCC(CC3CCN(C(=O)[C@](O)(c4cccc5c4CCC5)C(F)(F)F)CC3)CC2)cc1Cl. The van der Waals surface area contributed by atoms with Crippen molar-refractivity contribution in [2.75, 3.05) is 45.2 Å². The first kappa shape index (κ1) is 30.7. The lowest BCUT2D eigenvalue weighted by molar-refractivity contribution is -0.262. The molecule has 5 rings (SSSR count). The Hall–Kier alpha value is -2.78. The summed E-state index contributed by atoms with van der Waals surface area (Å²) in [6.45, 7) is 2.15. The number of benzene rings is 2. The van der Waals surface area contributed by atoms with Gasteiger partial charge in [0, 0.05) is 51.5 Å². The van der Waals surface area contributed by atoms with Gasteiger partial charge >= 0.3 is 6.18 Å². The molecule has 2 fully saturated rings. The molecule has 0 aromatic heterocycles. The lowest BCUT2D eigenvalue weighted by Gasteiger charge is -2.40. The van der Waals surface area contributed by atoms with Crippen molar-refractivity contribution in [3.05, 3.63) is 63.7 Å². The molecule has 0 saturated carbocycles. The first-order valence-corrected chi connectivity index (χ1v) is 15.2. The third kappa shape index (κ3) is 5.87. The van der Waals surface area contributed by atoms with E-state index < -0.39 is 17.7 Å². The minimum Gasteiger partial charge on any atom is -0.371 e. The number of rotatable bonds is 6. The predicted octanol–water partition coefficient (Wildman–Crippen LogP) is 5.83. The van der Waals surface area contributed by atoms with Crippen LogP contribution in [0.1, 0.15) is 65.6 Å². The average molecular weight is 606 g/mol. The van der Waals surface area contributed by atoms with Crippen molar-refractivity contribution in [1.29, 1.82) is 0 Å². The maximum absolute atomic E-state index is 14.4. The molecule has 42 heavy (non-hydrogen) atoms. The highest BCUT2D eigenvalue weighted by Gasteiger charge is 2.63. The van der Waals surface area contributed by atoms with Crippen LogP contribution >= 0.6 is 11.6 Å². The molecular formula is C32H39ClF3N3O3. The number of aryl methyl sites for hydroxylation is 1. The highest BCUT2D eigenvalue weighted by atomic mass is 35.5. The minimum absolute atomic E-state index is 0.135. The maximum Gasteiger partial charge on any atom is 0.430 e. The number of amides is 2. The van der Waals surface area contributed by atoms with Gasteiger partial charge in [0.25, 0.3) is 17.4 Å². The fourth-order valence-corrected chi connectivity index (χ4v) is 7.22. The molecule has 2 aliphatic heterocycles. The second kappa shape index (κ2) is 12.1. The Labute approximate surface area is 250 Å². The van der Waals surface area contributed by atoms with Crippen molar-refractivity contribution in [2.45, 2.75) is 63.1 Å². The number of hydrogen-bond donors (Lipinski definition) is 1. The number of aliphatic hydroxyl groups is 1. The van der Waals surface area contributed by atoms with E-state index in [1.54, 1.807) is 26.2 Å². The fraction of sp³-hybridized carbons (Fsp3) is 0.562. The van der Waals surface area contributed by atoms with Gasteiger partial charge in [-0.25, -0.2) is 0 Å². The Balaban J connectivity index is 1.16. The van der Waals surface area contributed by atoms with E-state index >= 15 is 0 Å². The molecule has 2 amide bonds. The Kier molecular flexibility index (Phi) is 8.82. The summed E-state index contributed by atoms with van der Waals surface area (Å²) in [5.74, 6) is -0.558. The number of carbonyl (C=O) groups is 2. The van der Waals surface area contributed by atoms with Crippen molar-refractivity contribution in [2.24, 2.45) is 11.8 Å². The maximum atomic E-state index is 14.4. The standard InChI is InChI=1S/C32H39ClF3N3O3/c1-37(2)29(40)26-10-9-24(20-28(26)33)38-15-11-21(12-16-38)19-22-13-17-39(18-14-22)30(41)31(42,32(34,35)36)27-8-4-6-23-5-3-7-25(23)27/h4,6,8-10,20-22,42H,3,5,7,11-19H2,1-2H3/t31-/m1/s1. The number of likely N-dealkylation sites (tertiary alicyclic amines) is 1. The van der Waals surface area contributed by atoms with Gasteiger partial charge in [0.1, 0.15) is 0 Å². The van der Waals surface area contributed by atoms with E-state index in [9.17, 15) is 27.9 Å². The largest absolute Gasteiger partial charge is 0.430 e. The van der Waals surface area contributed by atoms with E-state index in [4.69, 9.17) is 11.6 Å². The molecule has 0 spiro atoms. The van der Waals surface area contributed by atoms with Crippen LogP contribution < -0.4 is 4.90 Å². The quantitative estimate of drug-likeness (QED) is 0.450. The third-order valence-electron chi connectivity index (χ3n) is 9.39. The summed E-state index contributed by atoms with van der Waals surface area (Å²) in [6, 6.07) is 10.1. The molecule has 2 heterocycles. The first-order chi connectivity index (χ1) is 19.9. The van der Waals surface area contributed by atoms with Crippen LogP contribution in [0.3, 0.4) is 0 Å². The van der Waals surface area contributed by atoms with E-state index in [-0.39, 0.29) is 24.6 Å². The molecule has 2 saturated heterocycles. The first-order valence-electron chi connectivity index (χ1n) is 14.9. The van der Waals surface area contributed by atoms with Gasteiger partial charge in [0.05, 0.1) is 10.6 Å². The zero-order valence-electron chi connectivity index (χ0n) is 24.2. The Morgan fingerprint density at radius 3 is 2.21 bits per heavy atom. The van der Waals surface area contributed by atoms with Gasteiger partial charge in [0.2, 0.25) is 0 Å². The monoisotopic (exact) mass is 605 g/mol. The average Bonchev–Trinajstić information content (AvgIpc) is 3.45. The van der Waals surface area contributed by atoms with Crippen LogP contribution in [0.4, 0.5) is 18.9 Å². The summed E-state index contributed by atoms with van der Waals surface area (Å²) in [7, 11) is 3.38. The van der Waals surface area contributed by atoms with Crippen LogP contribution in [0, 0.1) is 11.8 Å². The molecule has 3 aliphatic rings. The van der Waals surface area contributed by atoms with Crippen molar-refractivity contribution < 1.29 is 27.9 Å². The molecular weight excluding hydrogens is 567 g/mol. The highest BCUT2D eigenvalue weighted by molar-refractivity contribution is 6.34. The molecule has 0 unspecified atom stereocenters. The van der Waals surface area contributed by atoms with Crippen molar-refractivity contribution in [3.8, 4) is 0 Å². The second-order valence-electron chi connectivity index (χ2n) is 12.3. The van der Waals surface area contributed by atoms with Gasteiger partial charge in [-0.1, -0.05) is 29.8 Å². The minimum atomic E-state index is -5.11. The number of hydrogen-bond acceptors (Lipinski definition) is 4. The lowest BCUT2D eigenvalue weighted by Crippen LogP contribution is -2.57. The highest BCUT2D eigenvalue weighted by Crippen LogP contribution is 2.45. The summed E-state index contributed by atoms with van der Waals surface area (Å²) < 4.78 is 43.2. The van der Waals surface area contributed by atoms with Crippen molar-refractivity contribution in [3.63, 3.8) is 0 Å². The van der Waals surface area contributed by atoms with Crippen molar-refractivity contribution in [1.82, 2.24) is 9.80 Å². The van der Waals surface area contributed by atoms with Crippen LogP contribution in [0.2, 0.25) is 5.02 Å². The Morgan fingerprint density at radius 2 is 1.62 bits per heavy atom. The van der Waals surface area contributed by atoms with Gasteiger partial charge in [-0.05, 0) is 92.5 Å². The molecule has 0 bridgehead atoms. The van der Waals surface area contributed by atoms with Crippen molar-refractivity contribution >= 4 is 29.1 Å². The molecule has 228 valence electrons.